The normalized spacial score (nSPS) is 19.9. The van der Waals surface area contributed by atoms with E-state index in [1.165, 1.54) is 7.05 Å². The van der Waals surface area contributed by atoms with E-state index in [0.29, 0.717) is 6.61 Å². The van der Waals surface area contributed by atoms with E-state index < -0.39 is 32.2 Å². The van der Waals surface area contributed by atoms with Crippen molar-refractivity contribution in [3.63, 3.8) is 0 Å². The number of benzene rings is 1. The van der Waals surface area contributed by atoms with Gasteiger partial charge < -0.3 is 10.5 Å². The quantitative estimate of drug-likeness (QED) is 0.858. The van der Waals surface area contributed by atoms with Gasteiger partial charge in [-0.25, -0.2) is 17.2 Å². The standard InChI is InChI=1S/C13H18F2N2O3S/c1-17(8-9-4-2-3-7-20-9)21(18,19)11-6-5-10(14)13(16)12(11)15/h5-6,9H,2-4,7-8,16H2,1H3. The Hall–Kier alpha value is -1.25. The molecule has 8 heteroatoms. The van der Waals surface area contributed by atoms with Crippen molar-refractivity contribution in [2.45, 2.75) is 30.3 Å². The lowest BCUT2D eigenvalue weighted by Gasteiger charge is -2.27. The zero-order chi connectivity index (χ0) is 15.6. The molecule has 0 aromatic heterocycles. The molecule has 0 bridgehead atoms. The number of nitrogen functional groups attached to an aromatic ring is 1. The molecule has 0 amide bonds. The van der Waals surface area contributed by atoms with E-state index in [1.54, 1.807) is 0 Å². The molecule has 1 saturated heterocycles. The van der Waals surface area contributed by atoms with Gasteiger partial charge in [-0.15, -0.1) is 0 Å². The average molecular weight is 320 g/mol. The highest BCUT2D eigenvalue weighted by atomic mass is 32.2. The largest absolute Gasteiger partial charge is 0.394 e. The van der Waals surface area contributed by atoms with Crippen LogP contribution in [-0.4, -0.2) is 39.0 Å². The first-order valence-electron chi connectivity index (χ1n) is 6.65. The van der Waals surface area contributed by atoms with Gasteiger partial charge in [0.25, 0.3) is 0 Å². The van der Waals surface area contributed by atoms with Gasteiger partial charge in [0.1, 0.15) is 16.4 Å². The Morgan fingerprint density at radius 2 is 2.10 bits per heavy atom. The highest BCUT2D eigenvalue weighted by Gasteiger charge is 2.29. The van der Waals surface area contributed by atoms with Gasteiger partial charge in [-0.2, -0.15) is 4.31 Å². The third kappa shape index (κ3) is 3.33. The van der Waals surface area contributed by atoms with Crippen LogP contribution in [0.1, 0.15) is 19.3 Å². The lowest BCUT2D eigenvalue weighted by atomic mass is 10.1. The minimum atomic E-state index is -4.08. The maximum absolute atomic E-state index is 13.9. The zero-order valence-electron chi connectivity index (χ0n) is 11.7. The molecule has 1 aliphatic rings. The monoisotopic (exact) mass is 320 g/mol. The van der Waals surface area contributed by atoms with Crippen LogP contribution in [0.3, 0.4) is 0 Å². The van der Waals surface area contributed by atoms with Crippen molar-refractivity contribution in [1.29, 1.82) is 0 Å². The predicted molar refractivity (Wildman–Crippen MR) is 74.2 cm³/mol. The van der Waals surface area contributed by atoms with Crippen LogP contribution in [0.2, 0.25) is 0 Å². The highest BCUT2D eigenvalue weighted by Crippen LogP contribution is 2.25. The molecule has 0 saturated carbocycles. The maximum atomic E-state index is 13.9. The van der Waals surface area contributed by atoms with Crippen LogP contribution in [0.5, 0.6) is 0 Å². The lowest BCUT2D eigenvalue weighted by Crippen LogP contribution is -2.37. The SMILES string of the molecule is CN(CC1CCCCO1)S(=O)(=O)c1ccc(F)c(N)c1F. The summed E-state index contributed by atoms with van der Waals surface area (Å²) in [5.74, 6) is -2.24. The number of ether oxygens (including phenoxy) is 1. The van der Waals surface area contributed by atoms with E-state index in [0.717, 1.165) is 35.7 Å². The number of halogens is 2. The van der Waals surface area contributed by atoms with Gasteiger partial charge >= 0.3 is 0 Å². The van der Waals surface area contributed by atoms with Crippen LogP contribution < -0.4 is 5.73 Å². The Balaban J connectivity index is 2.22. The topological polar surface area (TPSA) is 72.6 Å². The number of hydrogen-bond acceptors (Lipinski definition) is 4. The minimum absolute atomic E-state index is 0.124. The molecule has 1 unspecified atom stereocenters. The summed E-state index contributed by atoms with van der Waals surface area (Å²) >= 11 is 0. The summed E-state index contributed by atoms with van der Waals surface area (Å²) in [6, 6.07) is 1.73. The summed E-state index contributed by atoms with van der Waals surface area (Å²) in [7, 11) is -2.74. The highest BCUT2D eigenvalue weighted by molar-refractivity contribution is 7.89. The molecule has 2 rings (SSSR count). The van der Waals surface area contributed by atoms with Crippen molar-refractivity contribution in [2.75, 3.05) is 25.9 Å². The number of sulfonamides is 1. The van der Waals surface area contributed by atoms with Crippen molar-refractivity contribution < 1.29 is 21.9 Å². The van der Waals surface area contributed by atoms with Gasteiger partial charge in [-0.1, -0.05) is 0 Å². The molecule has 5 nitrogen and oxygen atoms in total. The molecular weight excluding hydrogens is 302 g/mol. The summed E-state index contributed by atoms with van der Waals surface area (Å²) in [5.41, 5.74) is 4.41. The molecule has 0 spiro atoms. The van der Waals surface area contributed by atoms with Gasteiger partial charge in [-0.3, -0.25) is 0 Å². The molecular formula is C13H18F2N2O3S. The number of likely N-dealkylation sites (N-methyl/N-ethyl adjacent to an activating group) is 1. The zero-order valence-corrected chi connectivity index (χ0v) is 12.5. The van der Waals surface area contributed by atoms with Crippen molar-refractivity contribution in [3.8, 4) is 0 Å². The van der Waals surface area contributed by atoms with Crippen molar-refractivity contribution in [1.82, 2.24) is 4.31 Å². The van der Waals surface area contributed by atoms with Crippen LogP contribution in [0.15, 0.2) is 17.0 Å². The lowest BCUT2D eigenvalue weighted by molar-refractivity contribution is 0.00856. The summed E-state index contributed by atoms with van der Waals surface area (Å²) in [6.45, 7) is 0.718. The maximum Gasteiger partial charge on any atom is 0.245 e. The molecule has 21 heavy (non-hydrogen) atoms. The van der Waals surface area contributed by atoms with Gasteiger partial charge in [0, 0.05) is 20.2 Å². The van der Waals surface area contributed by atoms with Gasteiger partial charge in [0.05, 0.1) is 6.10 Å². The second-order valence-electron chi connectivity index (χ2n) is 5.05. The van der Waals surface area contributed by atoms with Crippen molar-refractivity contribution >= 4 is 15.7 Å². The molecule has 1 atom stereocenters. The number of anilines is 1. The van der Waals surface area contributed by atoms with Crippen LogP contribution in [-0.2, 0) is 14.8 Å². The Morgan fingerprint density at radius 1 is 1.38 bits per heavy atom. The summed E-state index contributed by atoms with van der Waals surface area (Å²) < 4.78 is 58.2. The Labute approximate surface area is 122 Å². The molecule has 1 fully saturated rings. The second-order valence-corrected chi connectivity index (χ2v) is 7.06. The summed E-state index contributed by atoms with van der Waals surface area (Å²) in [5, 5.41) is 0. The number of nitrogens with two attached hydrogens (primary N) is 1. The van der Waals surface area contributed by atoms with E-state index in [-0.39, 0.29) is 12.6 Å². The van der Waals surface area contributed by atoms with E-state index in [2.05, 4.69) is 0 Å². The smallest absolute Gasteiger partial charge is 0.245 e. The minimum Gasteiger partial charge on any atom is -0.394 e. The third-order valence-corrected chi connectivity index (χ3v) is 5.35. The number of nitrogens with zero attached hydrogens (tertiary/aromatic N) is 1. The van der Waals surface area contributed by atoms with E-state index in [4.69, 9.17) is 10.5 Å². The van der Waals surface area contributed by atoms with Crippen molar-refractivity contribution in [3.05, 3.63) is 23.8 Å². The number of hydrogen-bond donors (Lipinski definition) is 1. The Kier molecular flexibility index (Phi) is 4.80. The molecule has 118 valence electrons. The average Bonchev–Trinajstić information content (AvgIpc) is 2.45. The van der Waals surface area contributed by atoms with Crippen LogP contribution in [0.4, 0.5) is 14.5 Å². The predicted octanol–water partition coefficient (Wildman–Crippen LogP) is 1.74. The second kappa shape index (κ2) is 6.25. The van der Waals surface area contributed by atoms with Crippen LogP contribution >= 0.6 is 0 Å². The molecule has 1 aliphatic heterocycles. The first-order valence-corrected chi connectivity index (χ1v) is 8.09. The third-order valence-electron chi connectivity index (χ3n) is 3.51. The molecule has 1 heterocycles. The first kappa shape index (κ1) is 16.1. The summed E-state index contributed by atoms with van der Waals surface area (Å²) in [4.78, 5) is -0.625. The molecule has 2 N–H and O–H groups in total. The van der Waals surface area contributed by atoms with E-state index in [9.17, 15) is 17.2 Å². The van der Waals surface area contributed by atoms with E-state index >= 15 is 0 Å². The fourth-order valence-electron chi connectivity index (χ4n) is 2.25. The van der Waals surface area contributed by atoms with Crippen molar-refractivity contribution in [2.24, 2.45) is 0 Å². The summed E-state index contributed by atoms with van der Waals surface area (Å²) in [6.07, 6.45) is 2.47. The molecule has 0 radical (unpaired) electrons. The molecule has 1 aromatic carbocycles. The first-order chi connectivity index (χ1) is 9.84. The van der Waals surface area contributed by atoms with Crippen LogP contribution in [0, 0.1) is 11.6 Å². The molecule has 0 aliphatic carbocycles. The number of rotatable bonds is 4. The van der Waals surface area contributed by atoms with Gasteiger partial charge in [-0.05, 0) is 31.4 Å². The van der Waals surface area contributed by atoms with Gasteiger partial charge in [0.2, 0.25) is 10.0 Å². The van der Waals surface area contributed by atoms with E-state index in [1.807, 2.05) is 0 Å². The fraction of sp³-hybridized carbons (Fsp3) is 0.538. The Morgan fingerprint density at radius 3 is 2.71 bits per heavy atom. The fourth-order valence-corrected chi connectivity index (χ4v) is 3.53. The van der Waals surface area contributed by atoms with Crippen LogP contribution in [0.25, 0.3) is 0 Å². The molecule has 1 aromatic rings. The Bertz CT molecular complexity index is 616. The van der Waals surface area contributed by atoms with Gasteiger partial charge in [0.15, 0.2) is 5.82 Å².